The number of rotatable bonds is 5. The minimum atomic E-state index is 0.261. The molecule has 4 heteroatoms. The molecular weight excluding hydrogens is 214 g/mol. The standard InChI is InChI=1S/C13H17N3O/c1-2-3-4-5-13-14-10-16(15-13)11-6-8-12(17)9-7-11/h6-10,17H,2-5H2,1H3. The van der Waals surface area contributed by atoms with Gasteiger partial charge in [-0.25, -0.2) is 9.67 Å². The van der Waals surface area contributed by atoms with Crippen LogP contribution >= 0.6 is 0 Å². The fourth-order valence-electron chi connectivity index (χ4n) is 1.67. The maximum absolute atomic E-state index is 9.21. The average Bonchev–Trinajstić information content (AvgIpc) is 2.79. The van der Waals surface area contributed by atoms with Gasteiger partial charge in [0.05, 0.1) is 5.69 Å². The first-order chi connectivity index (χ1) is 8.29. The molecule has 0 amide bonds. The third-order valence-corrected chi connectivity index (χ3v) is 2.66. The van der Waals surface area contributed by atoms with E-state index in [-0.39, 0.29) is 5.75 Å². The van der Waals surface area contributed by atoms with Crippen LogP contribution in [0.5, 0.6) is 5.75 Å². The molecule has 0 fully saturated rings. The maximum Gasteiger partial charge on any atom is 0.151 e. The molecule has 17 heavy (non-hydrogen) atoms. The summed E-state index contributed by atoms with van der Waals surface area (Å²) < 4.78 is 1.74. The van der Waals surface area contributed by atoms with E-state index in [0.717, 1.165) is 24.4 Å². The lowest BCUT2D eigenvalue weighted by Gasteiger charge is -1.99. The largest absolute Gasteiger partial charge is 0.508 e. The SMILES string of the molecule is CCCCCc1ncn(-c2ccc(O)cc2)n1. The zero-order chi connectivity index (χ0) is 12.1. The second kappa shape index (κ2) is 5.48. The monoisotopic (exact) mass is 231 g/mol. The fourth-order valence-corrected chi connectivity index (χ4v) is 1.67. The number of aryl methyl sites for hydroxylation is 1. The Morgan fingerprint density at radius 2 is 1.94 bits per heavy atom. The van der Waals surface area contributed by atoms with Crippen molar-refractivity contribution in [2.24, 2.45) is 0 Å². The van der Waals surface area contributed by atoms with Crippen LogP contribution in [0.15, 0.2) is 30.6 Å². The molecule has 4 nitrogen and oxygen atoms in total. The lowest BCUT2D eigenvalue weighted by molar-refractivity contribution is 0.475. The number of phenols is 1. The van der Waals surface area contributed by atoms with E-state index in [9.17, 15) is 5.11 Å². The van der Waals surface area contributed by atoms with Crippen molar-refractivity contribution in [3.63, 3.8) is 0 Å². The van der Waals surface area contributed by atoms with Crippen molar-refractivity contribution in [1.29, 1.82) is 0 Å². The molecule has 0 aliphatic rings. The Bertz CT molecular complexity index is 462. The molecule has 1 aromatic carbocycles. The van der Waals surface area contributed by atoms with E-state index >= 15 is 0 Å². The summed E-state index contributed by atoms with van der Waals surface area (Å²) in [5.74, 6) is 1.14. The van der Waals surface area contributed by atoms with Crippen molar-refractivity contribution in [2.45, 2.75) is 32.6 Å². The molecular formula is C13H17N3O. The summed E-state index contributed by atoms with van der Waals surface area (Å²) in [5, 5.41) is 13.6. The molecule has 1 N–H and O–H groups in total. The topological polar surface area (TPSA) is 50.9 Å². The second-order valence-corrected chi connectivity index (χ2v) is 4.08. The van der Waals surface area contributed by atoms with E-state index in [2.05, 4.69) is 17.0 Å². The number of aromatic nitrogens is 3. The summed E-state index contributed by atoms with van der Waals surface area (Å²) in [6.45, 7) is 2.18. The van der Waals surface area contributed by atoms with E-state index in [1.807, 2.05) is 12.1 Å². The first kappa shape index (κ1) is 11.6. The molecule has 0 aliphatic carbocycles. The molecule has 0 saturated heterocycles. The Hall–Kier alpha value is -1.84. The van der Waals surface area contributed by atoms with Gasteiger partial charge in [-0.05, 0) is 30.7 Å². The third-order valence-electron chi connectivity index (χ3n) is 2.66. The van der Waals surface area contributed by atoms with Gasteiger partial charge in [0.2, 0.25) is 0 Å². The average molecular weight is 231 g/mol. The van der Waals surface area contributed by atoms with E-state index < -0.39 is 0 Å². The highest BCUT2D eigenvalue weighted by Crippen LogP contribution is 2.13. The predicted molar refractivity (Wildman–Crippen MR) is 66.3 cm³/mol. The smallest absolute Gasteiger partial charge is 0.151 e. The van der Waals surface area contributed by atoms with Gasteiger partial charge in [0.1, 0.15) is 12.1 Å². The highest BCUT2D eigenvalue weighted by Gasteiger charge is 2.02. The van der Waals surface area contributed by atoms with Gasteiger partial charge in [-0.15, -0.1) is 0 Å². The van der Waals surface area contributed by atoms with Crippen molar-refractivity contribution in [3.05, 3.63) is 36.4 Å². The molecule has 1 aromatic heterocycles. The highest BCUT2D eigenvalue weighted by atomic mass is 16.3. The number of phenolic OH excluding ortho intramolecular Hbond substituents is 1. The quantitative estimate of drug-likeness (QED) is 0.805. The van der Waals surface area contributed by atoms with Gasteiger partial charge in [0.25, 0.3) is 0 Å². The summed E-state index contributed by atoms with van der Waals surface area (Å²) in [5.41, 5.74) is 0.914. The van der Waals surface area contributed by atoms with Crippen LogP contribution in [0.3, 0.4) is 0 Å². The predicted octanol–water partition coefficient (Wildman–Crippen LogP) is 2.71. The molecule has 0 bridgehead atoms. The molecule has 0 spiro atoms. The van der Waals surface area contributed by atoms with E-state index in [0.29, 0.717) is 0 Å². The van der Waals surface area contributed by atoms with Crippen molar-refractivity contribution in [3.8, 4) is 11.4 Å². The molecule has 2 rings (SSSR count). The van der Waals surface area contributed by atoms with Crippen LogP contribution in [0.4, 0.5) is 0 Å². The van der Waals surface area contributed by atoms with Gasteiger partial charge < -0.3 is 5.11 Å². The van der Waals surface area contributed by atoms with Crippen LogP contribution in [-0.2, 0) is 6.42 Å². The van der Waals surface area contributed by atoms with E-state index in [4.69, 9.17) is 0 Å². The Morgan fingerprint density at radius 1 is 1.18 bits per heavy atom. The first-order valence-corrected chi connectivity index (χ1v) is 5.99. The molecule has 0 unspecified atom stereocenters. The Balaban J connectivity index is 2.04. The molecule has 0 radical (unpaired) electrons. The fraction of sp³-hybridized carbons (Fsp3) is 0.385. The van der Waals surface area contributed by atoms with E-state index in [1.54, 1.807) is 23.1 Å². The number of benzene rings is 1. The number of unbranched alkanes of at least 4 members (excludes halogenated alkanes) is 2. The second-order valence-electron chi connectivity index (χ2n) is 4.08. The van der Waals surface area contributed by atoms with Crippen LogP contribution in [0.25, 0.3) is 5.69 Å². The third kappa shape index (κ3) is 3.06. The van der Waals surface area contributed by atoms with Gasteiger partial charge in [-0.2, -0.15) is 5.10 Å². The lowest BCUT2D eigenvalue weighted by Crippen LogP contribution is -1.96. The normalized spacial score (nSPS) is 10.6. The number of aromatic hydroxyl groups is 1. The summed E-state index contributed by atoms with van der Waals surface area (Å²) >= 11 is 0. The summed E-state index contributed by atoms with van der Waals surface area (Å²) in [4.78, 5) is 4.28. The minimum Gasteiger partial charge on any atom is -0.508 e. The van der Waals surface area contributed by atoms with Gasteiger partial charge in [-0.1, -0.05) is 19.8 Å². The Morgan fingerprint density at radius 3 is 2.65 bits per heavy atom. The molecule has 90 valence electrons. The van der Waals surface area contributed by atoms with Crippen molar-refractivity contribution in [2.75, 3.05) is 0 Å². The molecule has 0 aliphatic heterocycles. The molecule has 0 atom stereocenters. The van der Waals surface area contributed by atoms with Gasteiger partial charge in [0, 0.05) is 6.42 Å². The highest BCUT2D eigenvalue weighted by molar-refractivity contribution is 5.35. The summed E-state index contributed by atoms with van der Waals surface area (Å²) in [6.07, 6.45) is 6.20. The zero-order valence-corrected chi connectivity index (χ0v) is 10.0. The summed E-state index contributed by atoms with van der Waals surface area (Å²) in [6, 6.07) is 6.93. The van der Waals surface area contributed by atoms with Crippen LogP contribution in [0.2, 0.25) is 0 Å². The van der Waals surface area contributed by atoms with Gasteiger partial charge in [-0.3, -0.25) is 0 Å². The number of nitrogens with zero attached hydrogens (tertiary/aromatic N) is 3. The Kier molecular flexibility index (Phi) is 3.75. The van der Waals surface area contributed by atoms with Crippen LogP contribution in [0.1, 0.15) is 32.0 Å². The van der Waals surface area contributed by atoms with Gasteiger partial charge in [0.15, 0.2) is 5.82 Å². The van der Waals surface area contributed by atoms with Crippen LogP contribution < -0.4 is 0 Å². The minimum absolute atomic E-state index is 0.261. The van der Waals surface area contributed by atoms with E-state index in [1.165, 1.54) is 12.8 Å². The summed E-state index contributed by atoms with van der Waals surface area (Å²) in [7, 11) is 0. The van der Waals surface area contributed by atoms with Gasteiger partial charge >= 0.3 is 0 Å². The van der Waals surface area contributed by atoms with Crippen molar-refractivity contribution in [1.82, 2.24) is 14.8 Å². The van der Waals surface area contributed by atoms with Crippen molar-refractivity contribution >= 4 is 0 Å². The molecule has 0 saturated carbocycles. The lowest BCUT2D eigenvalue weighted by atomic mass is 10.2. The maximum atomic E-state index is 9.21. The van der Waals surface area contributed by atoms with Crippen LogP contribution in [-0.4, -0.2) is 19.9 Å². The van der Waals surface area contributed by atoms with Crippen molar-refractivity contribution < 1.29 is 5.11 Å². The Labute approximate surface area is 101 Å². The number of hydrogen-bond donors (Lipinski definition) is 1. The van der Waals surface area contributed by atoms with Crippen LogP contribution in [0, 0.1) is 0 Å². The molecule has 2 aromatic rings. The molecule has 1 heterocycles. The zero-order valence-electron chi connectivity index (χ0n) is 10.0. The first-order valence-electron chi connectivity index (χ1n) is 5.99. The number of hydrogen-bond acceptors (Lipinski definition) is 3.